The van der Waals surface area contributed by atoms with Gasteiger partial charge in [0.1, 0.15) is 12.4 Å². The highest BCUT2D eigenvalue weighted by Gasteiger charge is 2.58. The number of rotatable bonds is 9. The monoisotopic (exact) mass is 580 g/mol. The van der Waals surface area contributed by atoms with E-state index in [1.54, 1.807) is 0 Å². The summed E-state index contributed by atoms with van der Waals surface area (Å²) in [5.41, 5.74) is 5.22. The van der Waals surface area contributed by atoms with E-state index in [2.05, 4.69) is 100 Å². The Morgan fingerprint density at radius 1 is 0.884 bits per heavy atom. The molecule has 4 nitrogen and oxygen atoms in total. The van der Waals surface area contributed by atoms with Crippen LogP contribution < -0.4 is 4.74 Å². The quantitative estimate of drug-likeness (QED) is 0.237. The molecule has 4 heteroatoms. The van der Waals surface area contributed by atoms with Gasteiger partial charge in [-0.15, -0.1) is 0 Å². The fraction of sp³-hybridized carbons (Fsp3) is 0.513. The molecule has 0 spiro atoms. The van der Waals surface area contributed by atoms with Gasteiger partial charge in [-0.3, -0.25) is 4.79 Å². The Morgan fingerprint density at radius 2 is 1.58 bits per heavy atom. The highest BCUT2D eigenvalue weighted by atomic mass is 16.5. The van der Waals surface area contributed by atoms with Gasteiger partial charge in [0.15, 0.2) is 0 Å². The Hall–Kier alpha value is -3.11. The molecule has 2 saturated carbocycles. The Kier molecular flexibility index (Phi) is 8.69. The molecule has 3 aromatic rings. The second-order valence-electron chi connectivity index (χ2n) is 14.7. The molecule has 0 heterocycles. The molecule has 0 aromatic heterocycles. The largest absolute Gasteiger partial charge is 0.489 e. The fourth-order valence-electron chi connectivity index (χ4n) is 8.46. The Morgan fingerprint density at radius 3 is 2.28 bits per heavy atom. The first kappa shape index (κ1) is 29.9. The molecule has 3 aliphatic rings. The van der Waals surface area contributed by atoms with Gasteiger partial charge in [-0.05, 0) is 101 Å². The minimum atomic E-state index is -0.0598. The molecule has 1 unspecified atom stereocenters. The van der Waals surface area contributed by atoms with Crippen LogP contribution in [0.15, 0.2) is 78.9 Å². The van der Waals surface area contributed by atoms with Gasteiger partial charge >= 0.3 is 5.97 Å². The number of hydrogen-bond acceptors (Lipinski definition) is 4. The average molecular weight is 581 g/mol. The van der Waals surface area contributed by atoms with E-state index in [-0.39, 0.29) is 28.8 Å². The third-order valence-corrected chi connectivity index (χ3v) is 10.4. The van der Waals surface area contributed by atoms with Crippen LogP contribution in [0, 0.1) is 28.6 Å². The predicted molar refractivity (Wildman–Crippen MR) is 171 cm³/mol. The molecule has 0 saturated heterocycles. The van der Waals surface area contributed by atoms with Crippen molar-refractivity contribution in [2.75, 3.05) is 6.61 Å². The minimum Gasteiger partial charge on any atom is -0.489 e. The van der Waals surface area contributed by atoms with Gasteiger partial charge in [0.05, 0.1) is 19.3 Å². The standard InChI is InChI=1S/C39H48O4/c1-38(2,3)26-43-36(40)22-30-23-39(4)34(19-20-35(39)42-25-28-13-9-6-10-14-28)33-17-15-29-21-31(16-18-32(29)37(30)33)41-24-27-11-7-5-8-12-27/h5-14,16,18,21,30,33-35,37H,15,17,19-20,22-26H2,1-4H3/t30-,33-,34-,35?,37+,39-/m0/s1. The maximum absolute atomic E-state index is 13.3. The number of fused-ring (bicyclic) bond motifs is 5. The van der Waals surface area contributed by atoms with E-state index in [0.29, 0.717) is 44.0 Å². The summed E-state index contributed by atoms with van der Waals surface area (Å²) in [5, 5.41) is 0. The van der Waals surface area contributed by atoms with E-state index in [4.69, 9.17) is 14.2 Å². The van der Waals surface area contributed by atoms with Crippen molar-refractivity contribution in [3.63, 3.8) is 0 Å². The van der Waals surface area contributed by atoms with Crippen molar-refractivity contribution in [3.8, 4) is 5.75 Å². The van der Waals surface area contributed by atoms with E-state index < -0.39 is 0 Å². The van der Waals surface area contributed by atoms with Crippen LogP contribution in [0.5, 0.6) is 5.75 Å². The molecule has 228 valence electrons. The minimum absolute atomic E-state index is 0.0444. The summed E-state index contributed by atoms with van der Waals surface area (Å²) in [4.78, 5) is 13.3. The Balaban J connectivity index is 1.24. The average Bonchev–Trinajstić information content (AvgIpc) is 3.33. The summed E-state index contributed by atoms with van der Waals surface area (Å²) in [6.07, 6.45) is 6.18. The van der Waals surface area contributed by atoms with Crippen LogP contribution in [0.2, 0.25) is 0 Å². The molecule has 0 bridgehead atoms. The molecule has 6 atom stereocenters. The van der Waals surface area contributed by atoms with Crippen LogP contribution in [0.3, 0.4) is 0 Å². The molecule has 0 N–H and O–H groups in total. The molecule has 0 aliphatic heterocycles. The van der Waals surface area contributed by atoms with E-state index in [0.717, 1.165) is 31.4 Å². The highest BCUT2D eigenvalue weighted by Crippen LogP contribution is 2.64. The van der Waals surface area contributed by atoms with Crippen molar-refractivity contribution in [1.82, 2.24) is 0 Å². The lowest BCUT2D eigenvalue weighted by molar-refractivity contribution is -0.150. The number of aryl methyl sites for hydroxylation is 1. The molecule has 3 aliphatic carbocycles. The van der Waals surface area contributed by atoms with Gasteiger partial charge < -0.3 is 14.2 Å². The zero-order valence-electron chi connectivity index (χ0n) is 26.4. The summed E-state index contributed by atoms with van der Waals surface area (Å²) < 4.78 is 18.8. The zero-order valence-corrected chi connectivity index (χ0v) is 26.4. The lowest BCUT2D eigenvalue weighted by Gasteiger charge is -2.54. The Labute approximate surface area is 258 Å². The Bertz CT molecular complexity index is 1380. The maximum atomic E-state index is 13.3. The lowest BCUT2D eigenvalue weighted by atomic mass is 9.51. The van der Waals surface area contributed by atoms with Crippen LogP contribution >= 0.6 is 0 Å². The van der Waals surface area contributed by atoms with Crippen LogP contribution in [0.4, 0.5) is 0 Å². The molecule has 3 aromatic carbocycles. The van der Waals surface area contributed by atoms with Crippen molar-refractivity contribution < 1.29 is 19.0 Å². The van der Waals surface area contributed by atoms with Gasteiger partial charge in [-0.25, -0.2) is 0 Å². The SMILES string of the molecule is CC(C)(C)COC(=O)C[C@H]1C[C@]2(C)C(OCc3ccccc3)CC[C@H]2[C@@H]2CCc3cc(OCc4ccccc4)ccc3[C@@H]12. The van der Waals surface area contributed by atoms with Gasteiger partial charge in [0, 0.05) is 6.42 Å². The zero-order chi connectivity index (χ0) is 30.0. The summed E-state index contributed by atoms with van der Waals surface area (Å²) >= 11 is 0. The first-order chi connectivity index (χ1) is 20.7. The van der Waals surface area contributed by atoms with E-state index >= 15 is 0 Å². The molecule has 6 rings (SSSR count). The molecule has 0 amide bonds. The van der Waals surface area contributed by atoms with Crippen LogP contribution in [0.25, 0.3) is 0 Å². The van der Waals surface area contributed by atoms with Crippen molar-refractivity contribution in [1.29, 1.82) is 0 Å². The number of ether oxygens (including phenoxy) is 3. The lowest BCUT2D eigenvalue weighted by Crippen LogP contribution is -2.49. The predicted octanol–water partition coefficient (Wildman–Crippen LogP) is 8.91. The number of carbonyl (C=O) groups excluding carboxylic acids is 1. The van der Waals surface area contributed by atoms with Gasteiger partial charge in [0.25, 0.3) is 0 Å². The van der Waals surface area contributed by atoms with Crippen molar-refractivity contribution in [2.24, 2.45) is 28.6 Å². The molecule has 43 heavy (non-hydrogen) atoms. The molecular formula is C39H48O4. The molecule has 0 radical (unpaired) electrons. The highest BCUT2D eigenvalue weighted by molar-refractivity contribution is 5.70. The normalized spacial score (nSPS) is 28.0. The fourth-order valence-corrected chi connectivity index (χ4v) is 8.46. The van der Waals surface area contributed by atoms with Gasteiger partial charge in [0.2, 0.25) is 0 Å². The second kappa shape index (κ2) is 12.5. The second-order valence-corrected chi connectivity index (χ2v) is 14.7. The molecule has 2 fully saturated rings. The maximum Gasteiger partial charge on any atom is 0.306 e. The first-order valence-corrected chi connectivity index (χ1v) is 16.3. The number of benzene rings is 3. The molecular weight excluding hydrogens is 532 g/mol. The third-order valence-electron chi connectivity index (χ3n) is 10.4. The van der Waals surface area contributed by atoms with Crippen molar-refractivity contribution in [3.05, 3.63) is 101 Å². The summed E-state index contributed by atoms with van der Waals surface area (Å²) in [6.45, 7) is 10.5. The van der Waals surface area contributed by atoms with Crippen LogP contribution in [-0.2, 0) is 33.9 Å². The van der Waals surface area contributed by atoms with E-state index in [1.807, 2.05) is 6.07 Å². The van der Waals surface area contributed by atoms with Gasteiger partial charge in [-0.1, -0.05) is 94.4 Å². The smallest absolute Gasteiger partial charge is 0.306 e. The summed E-state index contributed by atoms with van der Waals surface area (Å²) in [7, 11) is 0. The topological polar surface area (TPSA) is 44.8 Å². The third kappa shape index (κ3) is 6.70. The van der Waals surface area contributed by atoms with Gasteiger partial charge in [-0.2, -0.15) is 0 Å². The number of hydrogen-bond donors (Lipinski definition) is 0. The van der Waals surface area contributed by atoms with Crippen LogP contribution in [0.1, 0.15) is 88.0 Å². The number of esters is 1. The van der Waals surface area contributed by atoms with Crippen molar-refractivity contribution >= 4 is 5.97 Å². The van der Waals surface area contributed by atoms with Crippen LogP contribution in [-0.4, -0.2) is 18.7 Å². The first-order valence-electron chi connectivity index (χ1n) is 16.3. The van der Waals surface area contributed by atoms with E-state index in [1.165, 1.54) is 28.7 Å². The van der Waals surface area contributed by atoms with E-state index in [9.17, 15) is 4.79 Å². The number of carbonyl (C=O) groups is 1. The summed E-state index contributed by atoms with van der Waals surface area (Å²) in [6, 6.07) is 27.6. The summed E-state index contributed by atoms with van der Waals surface area (Å²) in [5.74, 6) is 2.61. The van der Waals surface area contributed by atoms with Crippen molar-refractivity contribution in [2.45, 2.75) is 91.5 Å².